The van der Waals surface area contributed by atoms with E-state index in [2.05, 4.69) is 34.7 Å². The van der Waals surface area contributed by atoms with Gasteiger partial charge in [0.25, 0.3) is 11.5 Å². The molecule has 0 bridgehead atoms. The Morgan fingerprint density at radius 1 is 1.19 bits per heavy atom. The van der Waals surface area contributed by atoms with Crippen molar-refractivity contribution in [2.24, 2.45) is 0 Å². The van der Waals surface area contributed by atoms with Gasteiger partial charge in [-0.2, -0.15) is 10.5 Å². The Bertz CT molecular complexity index is 1400. The third-order valence-corrected chi connectivity index (χ3v) is 7.45. The van der Waals surface area contributed by atoms with E-state index < -0.39 is 5.91 Å². The maximum atomic E-state index is 12.9. The van der Waals surface area contributed by atoms with E-state index in [0.717, 1.165) is 24.2 Å². The molecule has 1 fully saturated rings. The lowest BCUT2D eigenvalue weighted by Gasteiger charge is -2.38. The van der Waals surface area contributed by atoms with Gasteiger partial charge in [-0.05, 0) is 51.8 Å². The van der Waals surface area contributed by atoms with Crippen LogP contribution in [-0.4, -0.2) is 46.5 Å². The number of hydrogen-bond donors (Lipinski definition) is 3. The molecule has 2 amide bonds. The van der Waals surface area contributed by atoms with Crippen LogP contribution in [0.2, 0.25) is 0 Å². The number of likely N-dealkylation sites (tertiary alicyclic amines) is 1. The van der Waals surface area contributed by atoms with Crippen LogP contribution in [0.1, 0.15) is 40.0 Å². The third kappa shape index (κ3) is 6.85. The van der Waals surface area contributed by atoms with E-state index in [4.69, 9.17) is 5.26 Å². The normalized spacial score (nSPS) is 18.9. The molecule has 11 heteroatoms. The number of hydrogen-bond acceptors (Lipinski definition) is 8. The number of carbonyl (C=O) groups is 2. The number of aromatic nitrogens is 1. The highest BCUT2D eigenvalue weighted by molar-refractivity contribution is 7.07. The van der Waals surface area contributed by atoms with Crippen LogP contribution < -0.4 is 30.7 Å². The minimum Gasteiger partial charge on any atom is -0.360 e. The van der Waals surface area contributed by atoms with E-state index in [1.165, 1.54) is 17.2 Å². The summed E-state index contributed by atoms with van der Waals surface area (Å²) in [6.45, 7) is 6.42. The number of thiazole rings is 1. The quantitative estimate of drug-likeness (QED) is 0.444. The predicted molar refractivity (Wildman–Crippen MR) is 144 cm³/mol. The number of amides is 2. The average Bonchev–Trinajstić information content (AvgIpc) is 3.19. The second-order valence-corrected chi connectivity index (χ2v) is 9.90. The molecule has 3 rings (SSSR count). The van der Waals surface area contributed by atoms with Crippen LogP contribution in [-0.2, 0) is 16.1 Å². The van der Waals surface area contributed by atoms with Gasteiger partial charge in [0.2, 0.25) is 5.91 Å². The Hall–Kier alpha value is -3.93. The molecular weight excluding hydrogens is 490 g/mol. The average molecular weight is 522 g/mol. The zero-order chi connectivity index (χ0) is 26.9. The van der Waals surface area contributed by atoms with Gasteiger partial charge in [0, 0.05) is 36.2 Å². The first kappa shape index (κ1) is 27.7. The van der Waals surface area contributed by atoms with Crippen LogP contribution in [0.15, 0.2) is 29.1 Å². The largest absolute Gasteiger partial charge is 0.360 e. The van der Waals surface area contributed by atoms with E-state index in [1.807, 2.05) is 6.07 Å². The molecule has 194 valence electrons. The number of benzene rings is 1. The van der Waals surface area contributed by atoms with E-state index in [-0.39, 0.29) is 34.8 Å². The summed E-state index contributed by atoms with van der Waals surface area (Å²) >= 11 is 1.01. The van der Waals surface area contributed by atoms with Crippen LogP contribution in [0.5, 0.6) is 0 Å². The predicted octanol–water partition coefficient (Wildman–Crippen LogP) is 1.30. The summed E-state index contributed by atoms with van der Waals surface area (Å²) in [5, 5.41) is 26.6. The van der Waals surface area contributed by atoms with Gasteiger partial charge < -0.3 is 16.0 Å². The second-order valence-electron chi connectivity index (χ2n) is 8.87. The lowest BCUT2D eigenvalue weighted by atomic mass is 9.97. The van der Waals surface area contributed by atoms with E-state index >= 15 is 0 Å². The molecule has 2 atom stereocenters. The van der Waals surface area contributed by atoms with Crippen molar-refractivity contribution in [3.05, 3.63) is 43.8 Å². The molecule has 1 aromatic carbocycles. The van der Waals surface area contributed by atoms with Crippen LogP contribution in [0.4, 0.5) is 11.4 Å². The summed E-state index contributed by atoms with van der Waals surface area (Å²) in [5.41, 5.74) is 0.727. The number of nitriles is 2. The van der Waals surface area contributed by atoms with Crippen LogP contribution >= 0.6 is 11.3 Å². The van der Waals surface area contributed by atoms with Crippen molar-refractivity contribution < 1.29 is 9.59 Å². The van der Waals surface area contributed by atoms with E-state index in [1.54, 1.807) is 37.3 Å². The smallest absolute Gasteiger partial charge is 0.270 e. The third-order valence-electron chi connectivity index (χ3n) is 6.32. The molecule has 1 saturated heterocycles. The summed E-state index contributed by atoms with van der Waals surface area (Å²) in [7, 11) is 0. The van der Waals surface area contributed by atoms with Gasteiger partial charge in [0.15, 0.2) is 5.57 Å². The van der Waals surface area contributed by atoms with Gasteiger partial charge in [0.1, 0.15) is 21.8 Å². The summed E-state index contributed by atoms with van der Waals surface area (Å²) < 4.78 is 1.88. The standard InChI is InChI=1S/C26H31N7O3S/c1-4-32-25(36)22(37-26(32)21(14-28)24(35)29-12-11-27)15-30-19-9-6-10-20(13-19)31-23(34)16-33-17(2)7-5-8-18(33)3/h6,9-10,13,15,17-18,30H,4-5,7-8,12,16H2,1-3H3,(H,29,35)(H,31,34)/b22-15+,26-21-. The number of piperidine rings is 1. The fourth-order valence-corrected chi connectivity index (χ4v) is 5.47. The van der Waals surface area contributed by atoms with Gasteiger partial charge in [-0.1, -0.05) is 12.5 Å². The molecule has 0 saturated carbocycles. The Morgan fingerprint density at radius 3 is 2.54 bits per heavy atom. The highest BCUT2D eigenvalue weighted by atomic mass is 32.1. The fourth-order valence-electron chi connectivity index (χ4n) is 4.38. The number of nitrogens with one attached hydrogen (secondary N) is 3. The van der Waals surface area contributed by atoms with Gasteiger partial charge in [-0.3, -0.25) is 23.9 Å². The minimum absolute atomic E-state index is 0.0790. The summed E-state index contributed by atoms with van der Waals surface area (Å²) in [4.78, 5) is 40.1. The van der Waals surface area contributed by atoms with Crippen molar-refractivity contribution in [1.29, 1.82) is 10.5 Å². The van der Waals surface area contributed by atoms with Gasteiger partial charge >= 0.3 is 0 Å². The molecule has 1 aliphatic heterocycles. The Kier molecular flexibility index (Phi) is 9.61. The lowest BCUT2D eigenvalue weighted by Crippen LogP contribution is -2.47. The SMILES string of the molecule is CCn1c(=O)/c(=C\Nc2cccc(NC(=O)CN3C(C)CCCC3C)c2)s/c1=C(/C#N)C(=O)NCC#N. The van der Waals surface area contributed by atoms with Crippen LogP contribution in [0.25, 0.3) is 11.8 Å². The maximum absolute atomic E-state index is 12.9. The Morgan fingerprint density at radius 2 is 1.89 bits per heavy atom. The first-order valence-electron chi connectivity index (χ1n) is 12.2. The maximum Gasteiger partial charge on any atom is 0.270 e. The first-order valence-corrected chi connectivity index (χ1v) is 13.0. The molecule has 0 spiro atoms. The van der Waals surface area contributed by atoms with Crippen molar-refractivity contribution in [3.8, 4) is 12.1 Å². The molecule has 1 aliphatic rings. The molecule has 37 heavy (non-hydrogen) atoms. The molecule has 0 aliphatic carbocycles. The van der Waals surface area contributed by atoms with E-state index in [9.17, 15) is 19.6 Å². The number of anilines is 2. The number of nitrogens with zero attached hydrogens (tertiary/aromatic N) is 4. The molecule has 1 aromatic heterocycles. The first-order chi connectivity index (χ1) is 17.8. The van der Waals surface area contributed by atoms with E-state index in [0.29, 0.717) is 34.5 Å². The zero-order valence-electron chi connectivity index (χ0n) is 21.2. The highest BCUT2D eigenvalue weighted by Crippen LogP contribution is 2.22. The fraction of sp³-hybridized carbons (Fsp3) is 0.423. The summed E-state index contributed by atoms with van der Waals surface area (Å²) in [6, 6.07) is 11.5. The Labute approximate surface area is 219 Å². The van der Waals surface area contributed by atoms with Gasteiger partial charge in [-0.15, -0.1) is 11.3 Å². The Balaban J connectivity index is 1.80. The molecular formula is C26H31N7O3S. The summed E-state index contributed by atoms with van der Waals surface area (Å²) in [6.07, 6.45) is 4.89. The molecule has 10 nitrogen and oxygen atoms in total. The highest BCUT2D eigenvalue weighted by Gasteiger charge is 2.26. The van der Waals surface area contributed by atoms with Crippen molar-refractivity contribution in [1.82, 2.24) is 14.8 Å². The number of carbonyl (C=O) groups excluding carboxylic acids is 2. The summed E-state index contributed by atoms with van der Waals surface area (Å²) in [5.74, 6) is -0.784. The zero-order valence-corrected chi connectivity index (χ0v) is 22.0. The van der Waals surface area contributed by atoms with Crippen molar-refractivity contribution in [2.75, 3.05) is 23.7 Å². The molecule has 3 N–H and O–H groups in total. The monoisotopic (exact) mass is 521 g/mol. The van der Waals surface area contributed by atoms with Crippen molar-refractivity contribution in [2.45, 2.75) is 58.7 Å². The molecule has 2 aromatic rings. The van der Waals surface area contributed by atoms with Crippen LogP contribution in [0.3, 0.4) is 0 Å². The van der Waals surface area contributed by atoms with Gasteiger partial charge in [0.05, 0.1) is 12.6 Å². The van der Waals surface area contributed by atoms with Crippen molar-refractivity contribution in [3.63, 3.8) is 0 Å². The van der Waals surface area contributed by atoms with Crippen LogP contribution in [0, 0.1) is 22.7 Å². The topological polar surface area (TPSA) is 143 Å². The van der Waals surface area contributed by atoms with Gasteiger partial charge in [-0.25, -0.2) is 0 Å². The minimum atomic E-state index is -0.705. The molecule has 0 radical (unpaired) electrons. The second kappa shape index (κ2) is 12.9. The number of rotatable bonds is 8. The lowest BCUT2D eigenvalue weighted by molar-refractivity contribution is -0.119. The molecule has 2 unspecified atom stereocenters. The molecule has 2 heterocycles. The van der Waals surface area contributed by atoms with Crippen molar-refractivity contribution >= 4 is 46.3 Å².